The highest BCUT2D eigenvalue weighted by Crippen LogP contribution is 2.32. The van der Waals surface area contributed by atoms with Crippen molar-refractivity contribution >= 4 is 5.97 Å². The SMILES string of the molecule is CC1=CC(=O)OC1c1cc(C)ccc1C. The van der Waals surface area contributed by atoms with Crippen LogP contribution < -0.4 is 0 Å². The minimum Gasteiger partial charge on any atom is -0.450 e. The van der Waals surface area contributed by atoms with E-state index in [-0.39, 0.29) is 12.1 Å². The first-order chi connectivity index (χ1) is 7.08. The Morgan fingerprint density at radius 2 is 1.93 bits per heavy atom. The van der Waals surface area contributed by atoms with E-state index in [0.29, 0.717) is 0 Å². The largest absolute Gasteiger partial charge is 0.450 e. The summed E-state index contributed by atoms with van der Waals surface area (Å²) in [6, 6.07) is 6.20. The first-order valence-electron chi connectivity index (χ1n) is 5.04. The van der Waals surface area contributed by atoms with E-state index in [1.54, 1.807) is 6.08 Å². The number of benzene rings is 1. The fraction of sp³-hybridized carbons (Fsp3) is 0.308. The standard InChI is InChI=1S/C13H14O2/c1-8-4-5-9(2)11(6-8)13-10(3)7-12(14)15-13/h4-7,13H,1-3H3. The van der Waals surface area contributed by atoms with E-state index >= 15 is 0 Å². The van der Waals surface area contributed by atoms with Crippen molar-refractivity contribution in [3.63, 3.8) is 0 Å². The molecule has 0 saturated carbocycles. The van der Waals surface area contributed by atoms with Crippen LogP contribution in [0.25, 0.3) is 0 Å². The molecule has 0 fully saturated rings. The zero-order valence-electron chi connectivity index (χ0n) is 9.20. The van der Waals surface area contributed by atoms with E-state index in [2.05, 4.69) is 18.2 Å². The van der Waals surface area contributed by atoms with Gasteiger partial charge in [0.1, 0.15) is 6.10 Å². The number of rotatable bonds is 1. The molecule has 15 heavy (non-hydrogen) atoms. The monoisotopic (exact) mass is 202 g/mol. The van der Waals surface area contributed by atoms with Gasteiger partial charge in [-0.1, -0.05) is 23.8 Å². The van der Waals surface area contributed by atoms with Gasteiger partial charge in [0.15, 0.2) is 0 Å². The molecule has 1 aliphatic heterocycles. The summed E-state index contributed by atoms with van der Waals surface area (Å²) in [6.07, 6.45) is 1.38. The molecule has 0 saturated heterocycles. The van der Waals surface area contributed by atoms with Crippen molar-refractivity contribution in [1.82, 2.24) is 0 Å². The van der Waals surface area contributed by atoms with Crippen molar-refractivity contribution in [3.8, 4) is 0 Å². The first kappa shape index (κ1) is 9.97. The highest BCUT2D eigenvalue weighted by molar-refractivity contribution is 5.86. The van der Waals surface area contributed by atoms with Crippen molar-refractivity contribution < 1.29 is 9.53 Å². The molecule has 2 heteroatoms. The zero-order chi connectivity index (χ0) is 11.0. The van der Waals surface area contributed by atoms with Gasteiger partial charge in [0, 0.05) is 6.08 Å². The van der Waals surface area contributed by atoms with Crippen LogP contribution in [0.2, 0.25) is 0 Å². The zero-order valence-corrected chi connectivity index (χ0v) is 9.20. The molecule has 1 aromatic carbocycles. The van der Waals surface area contributed by atoms with Crippen LogP contribution in [0.15, 0.2) is 29.8 Å². The van der Waals surface area contributed by atoms with E-state index in [4.69, 9.17) is 4.74 Å². The molecule has 0 N–H and O–H groups in total. The molecule has 0 spiro atoms. The third-order valence-corrected chi connectivity index (χ3v) is 2.71. The minimum atomic E-state index is -0.238. The molecule has 0 radical (unpaired) electrons. The van der Waals surface area contributed by atoms with Crippen molar-refractivity contribution in [3.05, 3.63) is 46.5 Å². The van der Waals surface area contributed by atoms with E-state index < -0.39 is 0 Å². The summed E-state index contributed by atoms with van der Waals surface area (Å²) in [5.41, 5.74) is 4.42. The summed E-state index contributed by atoms with van der Waals surface area (Å²) in [5, 5.41) is 0. The minimum absolute atomic E-state index is 0.183. The van der Waals surface area contributed by atoms with E-state index in [0.717, 1.165) is 16.7 Å². The topological polar surface area (TPSA) is 26.3 Å². The lowest BCUT2D eigenvalue weighted by atomic mass is 9.97. The summed E-state index contributed by atoms with van der Waals surface area (Å²) in [7, 11) is 0. The Balaban J connectivity index is 2.42. The van der Waals surface area contributed by atoms with Gasteiger partial charge >= 0.3 is 5.97 Å². The third-order valence-electron chi connectivity index (χ3n) is 2.71. The molecule has 2 rings (SSSR count). The van der Waals surface area contributed by atoms with Gasteiger partial charge in [0.2, 0.25) is 0 Å². The summed E-state index contributed by atoms with van der Waals surface area (Å²) in [6.45, 7) is 6.00. The van der Waals surface area contributed by atoms with Gasteiger partial charge in [-0.2, -0.15) is 0 Å². The molecule has 0 aliphatic carbocycles. The van der Waals surface area contributed by atoms with Crippen LogP contribution in [0, 0.1) is 13.8 Å². The van der Waals surface area contributed by atoms with Crippen LogP contribution in [0.5, 0.6) is 0 Å². The second-order valence-electron chi connectivity index (χ2n) is 4.07. The Morgan fingerprint density at radius 3 is 2.53 bits per heavy atom. The predicted molar refractivity (Wildman–Crippen MR) is 58.5 cm³/mol. The maximum absolute atomic E-state index is 11.1. The molecule has 0 amide bonds. The lowest BCUT2D eigenvalue weighted by molar-refractivity contribution is -0.139. The average Bonchev–Trinajstić information content (AvgIpc) is 2.50. The van der Waals surface area contributed by atoms with Crippen molar-refractivity contribution in [2.75, 3.05) is 0 Å². The van der Waals surface area contributed by atoms with Crippen LogP contribution >= 0.6 is 0 Å². The van der Waals surface area contributed by atoms with E-state index in [1.165, 1.54) is 5.56 Å². The molecule has 1 unspecified atom stereocenters. The molecule has 1 atom stereocenters. The number of hydrogen-bond acceptors (Lipinski definition) is 2. The Kier molecular flexibility index (Phi) is 2.35. The van der Waals surface area contributed by atoms with Crippen LogP contribution in [0.3, 0.4) is 0 Å². The van der Waals surface area contributed by atoms with Crippen LogP contribution in [-0.4, -0.2) is 5.97 Å². The number of aryl methyl sites for hydroxylation is 2. The summed E-state index contributed by atoms with van der Waals surface area (Å²) in [4.78, 5) is 11.1. The number of carbonyl (C=O) groups is 1. The van der Waals surface area contributed by atoms with Crippen molar-refractivity contribution in [1.29, 1.82) is 0 Å². The Hall–Kier alpha value is -1.57. The average molecular weight is 202 g/mol. The van der Waals surface area contributed by atoms with Gasteiger partial charge in [-0.3, -0.25) is 0 Å². The van der Waals surface area contributed by atoms with Gasteiger partial charge in [0.25, 0.3) is 0 Å². The maximum atomic E-state index is 11.1. The Bertz CT molecular complexity index is 444. The second-order valence-corrected chi connectivity index (χ2v) is 4.07. The van der Waals surface area contributed by atoms with Gasteiger partial charge in [-0.25, -0.2) is 4.79 Å². The number of esters is 1. The van der Waals surface area contributed by atoms with Gasteiger partial charge in [-0.05, 0) is 37.5 Å². The summed E-state index contributed by atoms with van der Waals surface area (Å²) in [5.74, 6) is -0.238. The normalized spacial score (nSPS) is 20.1. The number of ether oxygens (including phenoxy) is 1. The van der Waals surface area contributed by atoms with Crippen LogP contribution in [0.1, 0.15) is 29.7 Å². The molecule has 1 aliphatic rings. The van der Waals surface area contributed by atoms with Crippen molar-refractivity contribution in [2.24, 2.45) is 0 Å². The van der Waals surface area contributed by atoms with Gasteiger partial charge < -0.3 is 4.74 Å². The second kappa shape index (κ2) is 3.54. The molecule has 1 heterocycles. The Morgan fingerprint density at radius 1 is 1.20 bits per heavy atom. The smallest absolute Gasteiger partial charge is 0.331 e. The van der Waals surface area contributed by atoms with Crippen molar-refractivity contribution in [2.45, 2.75) is 26.9 Å². The first-order valence-corrected chi connectivity index (χ1v) is 5.04. The molecule has 1 aromatic rings. The van der Waals surface area contributed by atoms with Gasteiger partial charge in [-0.15, -0.1) is 0 Å². The summed E-state index contributed by atoms with van der Waals surface area (Å²) < 4.78 is 5.26. The molecule has 78 valence electrons. The number of cyclic esters (lactones) is 1. The van der Waals surface area contributed by atoms with E-state index in [1.807, 2.05) is 20.8 Å². The molecule has 0 bridgehead atoms. The predicted octanol–water partition coefficient (Wildman–Crippen LogP) is 2.85. The molecule has 2 nitrogen and oxygen atoms in total. The quantitative estimate of drug-likeness (QED) is 0.654. The molecular formula is C13H14O2. The highest BCUT2D eigenvalue weighted by atomic mass is 16.5. The lowest BCUT2D eigenvalue weighted by Gasteiger charge is -2.15. The van der Waals surface area contributed by atoms with Crippen LogP contribution in [-0.2, 0) is 9.53 Å². The number of carbonyl (C=O) groups excluding carboxylic acids is 1. The Labute approximate surface area is 89.6 Å². The summed E-state index contributed by atoms with van der Waals surface area (Å²) >= 11 is 0. The highest BCUT2D eigenvalue weighted by Gasteiger charge is 2.25. The lowest BCUT2D eigenvalue weighted by Crippen LogP contribution is -2.04. The third kappa shape index (κ3) is 1.80. The molecular weight excluding hydrogens is 188 g/mol. The van der Waals surface area contributed by atoms with Gasteiger partial charge in [0.05, 0.1) is 0 Å². The van der Waals surface area contributed by atoms with Crippen LogP contribution in [0.4, 0.5) is 0 Å². The molecule has 0 aromatic heterocycles. The maximum Gasteiger partial charge on any atom is 0.331 e. The fourth-order valence-corrected chi connectivity index (χ4v) is 1.86. The number of hydrogen-bond donors (Lipinski definition) is 0. The van der Waals surface area contributed by atoms with E-state index in [9.17, 15) is 4.79 Å². The fourth-order valence-electron chi connectivity index (χ4n) is 1.86.